The van der Waals surface area contributed by atoms with E-state index in [4.69, 9.17) is 0 Å². The quantitative estimate of drug-likeness (QED) is 0.461. The predicted octanol–water partition coefficient (Wildman–Crippen LogP) is 3.34. The highest BCUT2D eigenvalue weighted by atomic mass is 16.2. The summed E-state index contributed by atoms with van der Waals surface area (Å²) in [7, 11) is 0. The van der Waals surface area contributed by atoms with Gasteiger partial charge in [-0.25, -0.2) is 5.43 Å². The summed E-state index contributed by atoms with van der Waals surface area (Å²) in [5.74, 6) is -0.170. The Morgan fingerprint density at radius 3 is 2.20 bits per heavy atom. The number of para-hydroxylation sites is 2. The topological polar surface area (TPSA) is 59.3 Å². The largest absolute Gasteiger partial charge is 0.331 e. The van der Waals surface area contributed by atoms with E-state index in [9.17, 15) is 4.79 Å². The van der Waals surface area contributed by atoms with E-state index in [2.05, 4.69) is 27.6 Å². The van der Waals surface area contributed by atoms with Crippen molar-refractivity contribution in [1.82, 2.24) is 15.0 Å². The van der Waals surface area contributed by atoms with E-state index in [0.29, 0.717) is 0 Å². The minimum atomic E-state index is -0.170. The zero-order chi connectivity index (χ0) is 17.1. The van der Waals surface area contributed by atoms with Gasteiger partial charge in [0.2, 0.25) is 0 Å². The molecule has 1 N–H and O–H groups in total. The van der Waals surface area contributed by atoms with Crippen molar-refractivity contribution in [1.29, 1.82) is 0 Å². The third-order valence-corrected chi connectivity index (χ3v) is 4.09. The first kappa shape index (κ1) is 15.1. The number of fused-ring (bicyclic) bond motifs is 3. The van der Waals surface area contributed by atoms with Crippen LogP contribution in [0.15, 0.2) is 78.2 Å². The van der Waals surface area contributed by atoms with Crippen LogP contribution in [0.5, 0.6) is 0 Å². The number of nitrogens with one attached hydrogen (secondary N) is 1. The Bertz CT molecular complexity index is 1010. The lowest BCUT2D eigenvalue weighted by Gasteiger charge is -2.06. The second-order valence-corrected chi connectivity index (χ2v) is 5.69. The number of hydrogen-bond donors (Lipinski definition) is 1. The molecule has 0 unspecified atom stereocenters. The van der Waals surface area contributed by atoms with Gasteiger partial charge in [0.05, 0.1) is 6.21 Å². The van der Waals surface area contributed by atoms with Crippen LogP contribution in [0, 0.1) is 0 Å². The fourth-order valence-electron chi connectivity index (χ4n) is 2.98. The smallest absolute Gasteiger partial charge is 0.260 e. The molecule has 0 fully saturated rings. The van der Waals surface area contributed by atoms with Gasteiger partial charge in [-0.2, -0.15) is 5.10 Å². The molecule has 0 saturated carbocycles. The molecule has 5 nitrogen and oxygen atoms in total. The molecule has 0 spiro atoms. The second kappa shape index (κ2) is 6.57. The van der Waals surface area contributed by atoms with Crippen LogP contribution in [-0.2, 0) is 11.3 Å². The zero-order valence-corrected chi connectivity index (χ0v) is 13.5. The van der Waals surface area contributed by atoms with E-state index < -0.39 is 0 Å². The summed E-state index contributed by atoms with van der Waals surface area (Å²) in [4.78, 5) is 16.3. The van der Waals surface area contributed by atoms with Crippen molar-refractivity contribution in [2.45, 2.75) is 6.54 Å². The first-order valence-electron chi connectivity index (χ1n) is 8.01. The van der Waals surface area contributed by atoms with Gasteiger partial charge < -0.3 is 4.57 Å². The molecule has 25 heavy (non-hydrogen) atoms. The van der Waals surface area contributed by atoms with Crippen LogP contribution in [-0.4, -0.2) is 21.7 Å². The van der Waals surface area contributed by atoms with Crippen LogP contribution >= 0.6 is 0 Å². The Morgan fingerprint density at radius 1 is 0.960 bits per heavy atom. The second-order valence-electron chi connectivity index (χ2n) is 5.69. The lowest BCUT2D eigenvalue weighted by Crippen LogP contribution is -2.23. The number of benzene rings is 2. The highest BCUT2D eigenvalue weighted by molar-refractivity contribution is 6.08. The van der Waals surface area contributed by atoms with Crippen LogP contribution in [0.25, 0.3) is 21.8 Å². The summed E-state index contributed by atoms with van der Waals surface area (Å²) >= 11 is 0. The normalized spacial score (nSPS) is 11.4. The molecule has 0 aliphatic rings. The standard InChI is InChI=1S/C20H16N4O/c25-20(23-22-13-15-9-11-21-12-10-15)14-24-18-7-3-1-5-16(18)17-6-2-4-8-19(17)24/h1-13H,14H2,(H,23,25)/b22-13-. The van der Waals surface area contributed by atoms with E-state index in [1.807, 2.05) is 53.1 Å². The Hall–Kier alpha value is -3.47. The summed E-state index contributed by atoms with van der Waals surface area (Å²) in [5.41, 5.74) is 5.55. The minimum absolute atomic E-state index is 0.170. The number of amides is 1. The summed E-state index contributed by atoms with van der Waals surface area (Å²) in [5, 5.41) is 6.31. The first-order chi connectivity index (χ1) is 12.3. The summed E-state index contributed by atoms with van der Waals surface area (Å²) < 4.78 is 2.02. The van der Waals surface area contributed by atoms with Crippen LogP contribution in [0.2, 0.25) is 0 Å². The Balaban J connectivity index is 1.59. The zero-order valence-electron chi connectivity index (χ0n) is 13.5. The third kappa shape index (κ3) is 2.99. The first-order valence-corrected chi connectivity index (χ1v) is 8.01. The van der Waals surface area contributed by atoms with E-state index in [1.165, 1.54) is 0 Å². The highest BCUT2D eigenvalue weighted by Gasteiger charge is 2.11. The molecule has 2 heterocycles. The van der Waals surface area contributed by atoms with Crippen molar-refractivity contribution in [3.63, 3.8) is 0 Å². The van der Waals surface area contributed by atoms with Crippen LogP contribution in [0.3, 0.4) is 0 Å². The molecular formula is C20H16N4O. The maximum Gasteiger partial charge on any atom is 0.260 e. The summed E-state index contributed by atoms with van der Waals surface area (Å²) in [6.45, 7) is 0.210. The van der Waals surface area contributed by atoms with Crippen LogP contribution < -0.4 is 5.43 Å². The van der Waals surface area contributed by atoms with E-state index in [0.717, 1.165) is 27.4 Å². The van der Waals surface area contributed by atoms with Gasteiger partial charge in [-0.15, -0.1) is 0 Å². The van der Waals surface area contributed by atoms with Gasteiger partial charge in [-0.1, -0.05) is 36.4 Å². The van der Waals surface area contributed by atoms with Crippen molar-refractivity contribution in [2.75, 3.05) is 0 Å². The molecule has 0 aliphatic carbocycles. The van der Waals surface area contributed by atoms with E-state index in [-0.39, 0.29) is 12.5 Å². The molecule has 1 amide bonds. The molecule has 0 bridgehead atoms. The monoisotopic (exact) mass is 328 g/mol. The number of hydrogen-bond acceptors (Lipinski definition) is 3. The molecule has 0 radical (unpaired) electrons. The summed E-state index contributed by atoms with van der Waals surface area (Å²) in [6, 6.07) is 19.9. The number of nitrogens with zero attached hydrogens (tertiary/aromatic N) is 3. The van der Waals surface area contributed by atoms with Crippen molar-refractivity contribution in [3.05, 3.63) is 78.6 Å². The molecule has 0 atom stereocenters. The van der Waals surface area contributed by atoms with E-state index in [1.54, 1.807) is 18.6 Å². The molecular weight excluding hydrogens is 312 g/mol. The Morgan fingerprint density at radius 2 is 1.56 bits per heavy atom. The fraction of sp³-hybridized carbons (Fsp3) is 0.0500. The highest BCUT2D eigenvalue weighted by Crippen LogP contribution is 2.28. The molecule has 2 aromatic heterocycles. The number of rotatable bonds is 4. The molecule has 2 aromatic carbocycles. The number of aromatic nitrogens is 2. The van der Waals surface area contributed by atoms with Gasteiger partial charge in [0, 0.05) is 34.2 Å². The molecule has 5 heteroatoms. The summed E-state index contributed by atoms with van der Waals surface area (Å²) in [6.07, 6.45) is 4.97. The number of carbonyl (C=O) groups is 1. The molecule has 4 aromatic rings. The Kier molecular flexibility index (Phi) is 3.96. The maximum absolute atomic E-state index is 12.3. The van der Waals surface area contributed by atoms with Gasteiger partial charge in [-0.3, -0.25) is 9.78 Å². The van der Waals surface area contributed by atoms with E-state index >= 15 is 0 Å². The van der Waals surface area contributed by atoms with Crippen molar-refractivity contribution < 1.29 is 4.79 Å². The molecule has 4 rings (SSSR count). The number of carbonyl (C=O) groups excluding carboxylic acids is 1. The Labute approximate surface area is 144 Å². The lowest BCUT2D eigenvalue weighted by atomic mass is 10.2. The van der Waals surface area contributed by atoms with Crippen LogP contribution in [0.1, 0.15) is 5.56 Å². The maximum atomic E-state index is 12.3. The van der Waals surface area contributed by atoms with Gasteiger partial charge in [0.1, 0.15) is 6.54 Å². The van der Waals surface area contributed by atoms with Crippen molar-refractivity contribution >= 4 is 33.9 Å². The number of hydrazone groups is 1. The SMILES string of the molecule is O=C(Cn1c2ccccc2c2ccccc21)N/N=C\c1ccncc1. The van der Waals surface area contributed by atoms with Gasteiger partial charge in [0.15, 0.2) is 0 Å². The van der Waals surface area contributed by atoms with Crippen molar-refractivity contribution in [2.24, 2.45) is 5.10 Å². The minimum Gasteiger partial charge on any atom is -0.331 e. The number of pyridine rings is 1. The molecule has 122 valence electrons. The van der Waals surface area contributed by atoms with Crippen molar-refractivity contribution in [3.8, 4) is 0 Å². The van der Waals surface area contributed by atoms with Gasteiger partial charge >= 0.3 is 0 Å². The predicted molar refractivity (Wildman–Crippen MR) is 99.4 cm³/mol. The molecule has 0 saturated heterocycles. The molecule has 0 aliphatic heterocycles. The van der Waals surface area contributed by atoms with Crippen LogP contribution in [0.4, 0.5) is 0 Å². The average Bonchev–Trinajstić information content (AvgIpc) is 2.97. The van der Waals surface area contributed by atoms with Gasteiger partial charge in [0.25, 0.3) is 5.91 Å². The lowest BCUT2D eigenvalue weighted by molar-refractivity contribution is -0.121. The average molecular weight is 328 g/mol. The third-order valence-electron chi connectivity index (χ3n) is 4.09. The fourth-order valence-corrected chi connectivity index (χ4v) is 2.98. The van der Waals surface area contributed by atoms with Gasteiger partial charge in [-0.05, 0) is 29.8 Å².